The van der Waals surface area contributed by atoms with Crippen molar-refractivity contribution in [3.8, 4) is 0 Å². The zero-order valence-electron chi connectivity index (χ0n) is 18.2. The normalized spacial score (nSPS) is 14.0. The highest BCUT2D eigenvalue weighted by Crippen LogP contribution is 2.24. The minimum atomic E-state index is -5.08. The molecule has 3 heterocycles. The Kier molecular flexibility index (Phi) is 11.2. The summed E-state index contributed by atoms with van der Waals surface area (Å²) < 4.78 is 94.0. The van der Waals surface area contributed by atoms with Crippen LogP contribution in [0.5, 0.6) is 0 Å². The first-order chi connectivity index (χ1) is 16.4. The second-order valence-corrected chi connectivity index (χ2v) is 9.77. The number of ether oxygens (including phenoxy) is 1. The van der Waals surface area contributed by atoms with Crippen molar-refractivity contribution in [2.75, 3.05) is 12.8 Å². The molecule has 1 aliphatic rings. The smallest absolute Gasteiger partial charge is 0.475 e. The van der Waals surface area contributed by atoms with Gasteiger partial charge in [0, 0.05) is 37.1 Å². The highest BCUT2D eigenvalue weighted by Gasteiger charge is 2.38. The number of sulfonamides is 1. The monoisotopic (exact) mass is 567 g/mol. The molecule has 0 unspecified atom stereocenters. The Morgan fingerprint density at radius 3 is 2.08 bits per heavy atom. The van der Waals surface area contributed by atoms with Gasteiger partial charge in [-0.05, 0) is 23.1 Å². The third-order valence-corrected chi connectivity index (χ3v) is 6.12. The molecule has 3 rings (SSSR count). The van der Waals surface area contributed by atoms with Gasteiger partial charge in [0.05, 0.1) is 19.5 Å². The Bertz CT molecular complexity index is 1100. The van der Waals surface area contributed by atoms with E-state index in [1.54, 1.807) is 29.9 Å². The van der Waals surface area contributed by atoms with Crippen LogP contribution in [0, 0.1) is 0 Å². The quantitative estimate of drug-likeness (QED) is 0.521. The number of hydrogen-bond donors (Lipinski definition) is 2. The topological polar surface area (TPSA) is 147 Å². The third-order valence-electron chi connectivity index (χ3n) is 4.11. The zero-order valence-corrected chi connectivity index (χ0v) is 19.8. The lowest BCUT2D eigenvalue weighted by molar-refractivity contribution is -0.193. The summed E-state index contributed by atoms with van der Waals surface area (Å²) in [6.07, 6.45) is -2.92. The predicted octanol–water partition coefficient (Wildman–Crippen LogP) is 2.84. The molecule has 2 aromatic heterocycles. The van der Waals surface area contributed by atoms with Crippen molar-refractivity contribution in [1.82, 2.24) is 14.3 Å². The summed E-state index contributed by atoms with van der Waals surface area (Å²) in [4.78, 5) is 26.2. The summed E-state index contributed by atoms with van der Waals surface area (Å²) in [5, 5.41) is 17.1. The molecular weight excluding hydrogens is 548 g/mol. The van der Waals surface area contributed by atoms with Crippen LogP contribution in [0.4, 0.5) is 26.3 Å². The Morgan fingerprint density at radius 2 is 1.64 bits per heavy atom. The third kappa shape index (κ3) is 10.8. The molecule has 36 heavy (non-hydrogen) atoms. The van der Waals surface area contributed by atoms with Crippen molar-refractivity contribution in [1.29, 1.82) is 0 Å². The van der Waals surface area contributed by atoms with Crippen LogP contribution >= 0.6 is 11.3 Å². The van der Waals surface area contributed by atoms with Crippen LogP contribution in [0.15, 0.2) is 24.0 Å². The number of nitrogens with zero attached hydrogens (tertiary/aromatic N) is 3. The molecule has 1 aliphatic heterocycles. The first kappa shape index (κ1) is 31.2. The van der Waals surface area contributed by atoms with Gasteiger partial charge in [0.1, 0.15) is 5.01 Å². The number of aliphatic carboxylic acids is 2. The predicted molar refractivity (Wildman–Crippen MR) is 111 cm³/mol. The van der Waals surface area contributed by atoms with E-state index in [-0.39, 0.29) is 0 Å². The maximum absolute atomic E-state index is 11.7. The molecule has 0 fully saturated rings. The van der Waals surface area contributed by atoms with Crippen molar-refractivity contribution in [2.45, 2.75) is 38.5 Å². The minimum Gasteiger partial charge on any atom is -0.475 e. The van der Waals surface area contributed by atoms with Gasteiger partial charge in [-0.25, -0.2) is 23.0 Å². The van der Waals surface area contributed by atoms with E-state index in [0.29, 0.717) is 32.7 Å². The first-order valence-electron chi connectivity index (χ1n) is 9.39. The number of carboxylic acids is 2. The molecule has 0 bridgehead atoms. The number of carboxylic acid groups (broad SMARTS) is 2. The van der Waals surface area contributed by atoms with E-state index in [1.807, 2.05) is 5.38 Å². The zero-order chi connectivity index (χ0) is 27.7. The lowest BCUT2D eigenvalue weighted by Gasteiger charge is -2.27. The van der Waals surface area contributed by atoms with Gasteiger partial charge in [-0.3, -0.25) is 4.98 Å². The fraction of sp³-hybridized carbons (Fsp3) is 0.444. The van der Waals surface area contributed by atoms with Crippen LogP contribution < -0.4 is 0 Å². The average molecular weight is 567 g/mol. The molecular formula is C18H19F6N3O7S2. The molecule has 0 aromatic carbocycles. The van der Waals surface area contributed by atoms with Gasteiger partial charge < -0.3 is 14.9 Å². The molecule has 10 nitrogen and oxygen atoms in total. The van der Waals surface area contributed by atoms with E-state index in [1.165, 1.54) is 10.6 Å². The summed E-state index contributed by atoms with van der Waals surface area (Å²) in [6.45, 7) is 1.85. The highest BCUT2D eigenvalue weighted by atomic mass is 32.2. The van der Waals surface area contributed by atoms with Gasteiger partial charge in [0.2, 0.25) is 10.0 Å². The lowest BCUT2D eigenvalue weighted by Crippen LogP contribution is -2.35. The lowest BCUT2D eigenvalue weighted by atomic mass is 9.99. The van der Waals surface area contributed by atoms with Crippen molar-refractivity contribution in [3.05, 3.63) is 45.7 Å². The standard InChI is InChI=1S/C14H17N3O3S2.2C2HF3O2/c1-22(18,19)17-4-2-13-11(8-17)6-15-7-12(13)9-20-10-14-16-3-5-21-14;2*3-2(4,5)1(6)7/h3,5-7H,2,4,8-10H2,1H3;2*(H,6,7). The largest absolute Gasteiger partial charge is 0.490 e. The number of aromatic nitrogens is 2. The van der Waals surface area contributed by atoms with E-state index in [2.05, 4.69) is 9.97 Å². The molecule has 2 N–H and O–H groups in total. The van der Waals surface area contributed by atoms with Crippen molar-refractivity contribution >= 4 is 33.3 Å². The van der Waals surface area contributed by atoms with Crippen LogP contribution in [-0.4, -0.2) is 70.0 Å². The van der Waals surface area contributed by atoms with Gasteiger partial charge >= 0.3 is 24.3 Å². The van der Waals surface area contributed by atoms with Gasteiger partial charge in [-0.2, -0.15) is 30.6 Å². The molecule has 202 valence electrons. The summed E-state index contributed by atoms with van der Waals surface area (Å²) in [6, 6.07) is 0. The number of hydrogen-bond acceptors (Lipinski definition) is 8. The number of alkyl halides is 6. The number of thiazole rings is 1. The Labute approximate surface area is 204 Å². The van der Waals surface area contributed by atoms with E-state index in [4.69, 9.17) is 24.5 Å². The highest BCUT2D eigenvalue weighted by molar-refractivity contribution is 7.88. The maximum atomic E-state index is 11.7. The first-order valence-corrected chi connectivity index (χ1v) is 12.1. The van der Waals surface area contributed by atoms with Crippen LogP contribution in [0.3, 0.4) is 0 Å². The molecule has 0 spiro atoms. The van der Waals surface area contributed by atoms with Crippen LogP contribution in [0.25, 0.3) is 0 Å². The number of fused-ring (bicyclic) bond motifs is 1. The number of halogens is 6. The van der Waals surface area contributed by atoms with Crippen molar-refractivity contribution < 1.29 is 59.3 Å². The molecule has 0 atom stereocenters. The molecule has 0 saturated heterocycles. The fourth-order valence-corrected chi connectivity index (χ4v) is 3.87. The minimum absolute atomic E-state index is 0.390. The van der Waals surface area contributed by atoms with Crippen molar-refractivity contribution in [3.63, 3.8) is 0 Å². The van der Waals surface area contributed by atoms with E-state index in [9.17, 15) is 34.8 Å². The van der Waals surface area contributed by atoms with E-state index in [0.717, 1.165) is 21.7 Å². The SMILES string of the molecule is CS(=O)(=O)N1CCc2c(COCc3nccs3)cncc2C1.O=C(O)C(F)(F)F.O=C(O)C(F)(F)F. The van der Waals surface area contributed by atoms with Crippen LogP contribution in [-0.2, 0) is 50.5 Å². The summed E-state index contributed by atoms with van der Waals surface area (Å²) >= 11 is 1.56. The Balaban J connectivity index is 0.000000383. The molecule has 0 radical (unpaired) electrons. The number of carbonyl (C=O) groups is 2. The van der Waals surface area contributed by atoms with Crippen molar-refractivity contribution in [2.24, 2.45) is 0 Å². The second kappa shape index (κ2) is 12.9. The molecule has 0 saturated carbocycles. The molecule has 0 amide bonds. The molecule has 0 aliphatic carbocycles. The Hall–Kier alpha value is -2.83. The van der Waals surface area contributed by atoms with Crippen LogP contribution in [0.2, 0.25) is 0 Å². The summed E-state index contributed by atoms with van der Waals surface area (Å²) in [5.41, 5.74) is 3.16. The summed E-state index contributed by atoms with van der Waals surface area (Å²) in [5.74, 6) is -5.51. The fourth-order valence-electron chi connectivity index (χ4n) is 2.52. The summed E-state index contributed by atoms with van der Waals surface area (Å²) in [7, 11) is -3.16. The Morgan fingerprint density at radius 1 is 1.08 bits per heavy atom. The van der Waals surface area contributed by atoms with Gasteiger partial charge in [-0.15, -0.1) is 11.3 Å². The second-order valence-electron chi connectivity index (χ2n) is 6.81. The number of pyridine rings is 1. The average Bonchev–Trinajstić information content (AvgIpc) is 3.26. The van der Waals surface area contributed by atoms with Gasteiger partial charge in [0.15, 0.2) is 0 Å². The molecule has 2 aromatic rings. The maximum Gasteiger partial charge on any atom is 0.490 e. The van der Waals surface area contributed by atoms with Gasteiger partial charge in [-0.1, -0.05) is 0 Å². The van der Waals surface area contributed by atoms with E-state index < -0.39 is 34.3 Å². The number of rotatable bonds is 5. The molecule has 18 heteroatoms. The van der Waals surface area contributed by atoms with Gasteiger partial charge in [0.25, 0.3) is 0 Å². The van der Waals surface area contributed by atoms with E-state index >= 15 is 0 Å². The van der Waals surface area contributed by atoms with Crippen LogP contribution in [0.1, 0.15) is 21.7 Å².